The summed E-state index contributed by atoms with van der Waals surface area (Å²) in [6.07, 6.45) is 7.03. The highest BCUT2D eigenvalue weighted by Gasteiger charge is 2.32. The predicted octanol–water partition coefficient (Wildman–Crippen LogP) is 5.64. The third kappa shape index (κ3) is 5.34. The number of carbonyl (C=O) groups is 1. The molecule has 1 aliphatic rings. The van der Waals surface area contributed by atoms with Crippen LogP contribution in [0.4, 0.5) is 14.6 Å². The number of halogens is 2. The van der Waals surface area contributed by atoms with Gasteiger partial charge in [0.1, 0.15) is 34.2 Å². The molecular weight excluding hydrogens is 540 g/mol. The van der Waals surface area contributed by atoms with E-state index in [1.54, 1.807) is 43.5 Å². The van der Waals surface area contributed by atoms with Crippen molar-refractivity contribution in [3.63, 3.8) is 0 Å². The molecule has 2 aromatic heterocycles. The Balaban J connectivity index is 1.57. The molecule has 42 heavy (non-hydrogen) atoms. The molecule has 0 saturated carbocycles. The Labute approximate surface area is 243 Å². The van der Waals surface area contributed by atoms with Crippen LogP contribution in [0.3, 0.4) is 0 Å². The monoisotopic (exact) mass is 575 g/mol. The van der Waals surface area contributed by atoms with E-state index in [0.717, 1.165) is 25.6 Å². The lowest BCUT2D eigenvalue weighted by Crippen LogP contribution is -2.39. The van der Waals surface area contributed by atoms with Crippen molar-refractivity contribution in [1.82, 2.24) is 19.3 Å². The number of imidazole rings is 1. The lowest BCUT2D eigenvalue weighted by atomic mass is 9.86. The van der Waals surface area contributed by atoms with E-state index in [2.05, 4.69) is 11.6 Å². The topological polar surface area (TPSA) is 106 Å². The van der Waals surface area contributed by atoms with Crippen LogP contribution >= 0.6 is 0 Å². The van der Waals surface area contributed by atoms with E-state index in [0.29, 0.717) is 46.7 Å². The van der Waals surface area contributed by atoms with Crippen LogP contribution in [0.25, 0.3) is 16.8 Å². The number of amides is 1. The molecule has 0 bridgehead atoms. The molecule has 1 aliphatic heterocycles. The Bertz CT molecular complexity index is 1640. The third-order valence-electron chi connectivity index (χ3n) is 8.02. The molecule has 1 amide bonds. The van der Waals surface area contributed by atoms with Gasteiger partial charge < -0.3 is 20.5 Å². The second kappa shape index (κ2) is 11.2. The summed E-state index contributed by atoms with van der Waals surface area (Å²) in [6, 6.07) is 11.0. The minimum absolute atomic E-state index is 0.0227. The maximum absolute atomic E-state index is 14.0. The summed E-state index contributed by atoms with van der Waals surface area (Å²) in [6.45, 7) is 7.29. The highest BCUT2D eigenvalue weighted by Crippen LogP contribution is 2.41. The highest BCUT2D eigenvalue weighted by atomic mass is 19.3. The molecule has 1 fully saturated rings. The second-order valence-corrected chi connectivity index (χ2v) is 11.0. The number of likely N-dealkylation sites (tertiary alicyclic amines) is 1. The average Bonchev–Trinajstić information content (AvgIpc) is 3.37. The number of carbonyl (C=O) groups excluding carboxylic acids is 1. The van der Waals surface area contributed by atoms with E-state index in [-0.39, 0.29) is 29.6 Å². The number of aromatic nitrogens is 3. The van der Waals surface area contributed by atoms with Gasteiger partial charge in [-0.1, -0.05) is 30.3 Å². The summed E-state index contributed by atoms with van der Waals surface area (Å²) in [7, 11) is 1.51. The molecule has 3 N–H and O–H groups in total. The van der Waals surface area contributed by atoms with Crippen LogP contribution in [0, 0.1) is 0 Å². The van der Waals surface area contributed by atoms with Crippen LogP contribution in [0.2, 0.25) is 0 Å². The first-order valence-electron chi connectivity index (χ1n) is 13.9. The quantitative estimate of drug-likeness (QED) is 0.264. The molecule has 8 nitrogen and oxygen atoms in total. The fraction of sp³-hybridized carbons (Fsp3) is 0.344. The number of anilines is 1. The van der Waals surface area contributed by atoms with Crippen LogP contribution in [0.5, 0.6) is 5.75 Å². The molecule has 3 heterocycles. The number of nitrogens with two attached hydrogens (primary N) is 1. The number of ether oxygens (including phenoxy) is 1. The van der Waals surface area contributed by atoms with E-state index in [1.165, 1.54) is 25.3 Å². The van der Waals surface area contributed by atoms with Gasteiger partial charge in [0, 0.05) is 55.9 Å². The normalized spacial score (nSPS) is 17.2. The van der Waals surface area contributed by atoms with Crippen molar-refractivity contribution in [2.24, 2.45) is 0 Å². The average molecular weight is 576 g/mol. The summed E-state index contributed by atoms with van der Waals surface area (Å²) >= 11 is 0. The van der Waals surface area contributed by atoms with Gasteiger partial charge >= 0.3 is 0 Å². The standard InChI is InChI=1S/C32H35F2N5O3/c1-5-8-26(40)38-15-7-9-20(19-38)30-37-27(28-29(35)36-14-16-39(28)30)24-13-12-22(18-25(24)42-4)31(2,41)21-10-6-11-23(17-21)32(3,33)34/h5-6,10-14,16-18,20,41H,1,7-9,15,19H2,2-4H3,(H2,35,36)/t20-,31?/m1/s1. The van der Waals surface area contributed by atoms with Crippen LogP contribution in [0.15, 0.2) is 67.5 Å². The number of piperidine rings is 1. The van der Waals surface area contributed by atoms with E-state index in [4.69, 9.17) is 15.5 Å². The van der Waals surface area contributed by atoms with Crippen molar-refractivity contribution in [2.75, 3.05) is 25.9 Å². The van der Waals surface area contributed by atoms with Gasteiger partial charge in [-0.3, -0.25) is 9.20 Å². The number of methoxy groups -OCH3 is 1. The van der Waals surface area contributed by atoms with Gasteiger partial charge in [-0.05, 0) is 49.1 Å². The van der Waals surface area contributed by atoms with Crippen molar-refractivity contribution >= 4 is 17.2 Å². The van der Waals surface area contributed by atoms with Crippen LogP contribution in [0.1, 0.15) is 61.5 Å². The fourth-order valence-electron chi connectivity index (χ4n) is 5.68. The highest BCUT2D eigenvalue weighted by molar-refractivity contribution is 5.88. The number of hydrogen-bond acceptors (Lipinski definition) is 6. The summed E-state index contributed by atoms with van der Waals surface area (Å²) in [4.78, 5) is 23.8. The van der Waals surface area contributed by atoms with Crippen molar-refractivity contribution in [2.45, 2.75) is 50.6 Å². The van der Waals surface area contributed by atoms with E-state index >= 15 is 0 Å². The summed E-state index contributed by atoms with van der Waals surface area (Å²) in [5.41, 5.74) is 7.19. The Morgan fingerprint density at radius 2 is 1.95 bits per heavy atom. The first-order valence-corrected chi connectivity index (χ1v) is 13.9. The number of aliphatic hydroxyl groups is 1. The number of rotatable bonds is 8. The van der Waals surface area contributed by atoms with Crippen molar-refractivity contribution in [3.8, 4) is 17.0 Å². The molecule has 0 radical (unpaired) electrons. The number of fused-ring (bicyclic) bond motifs is 1. The van der Waals surface area contributed by atoms with Crippen LogP contribution in [-0.4, -0.2) is 50.5 Å². The molecule has 2 atom stereocenters. The van der Waals surface area contributed by atoms with Crippen LogP contribution < -0.4 is 10.5 Å². The van der Waals surface area contributed by atoms with Crippen molar-refractivity contribution < 1.29 is 23.4 Å². The van der Waals surface area contributed by atoms with Gasteiger partial charge in [0.05, 0.1) is 7.11 Å². The number of benzene rings is 2. The first kappa shape index (κ1) is 29.2. The Morgan fingerprint density at radius 1 is 1.21 bits per heavy atom. The van der Waals surface area contributed by atoms with Crippen molar-refractivity contribution in [1.29, 1.82) is 0 Å². The number of nitrogens with zero attached hydrogens (tertiary/aromatic N) is 4. The molecule has 4 aromatic rings. The van der Waals surface area contributed by atoms with Gasteiger partial charge in [-0.15, -0.1) is 6.58 Å². The summed E-state index contributed by atoms with van der Waals surface area (Å²) < 4.78 is 35.7. The molecule has 0 spiro atoms. The zero-order valence-electron chi connectivity index (χ0n) is 24.0. The lowest BCUT2D eigenvalue weighted by Gasteiger charge is -2.32. The number of hydrogen-bond donors (Lipinski definition) is 2. The summed E-state index contributed by atoms with van der Waals surface area (Å²) in [5.74, 6) is -1.56. The smallest absolute Gasteiger partial charge is 0.270 e. The van der Waals surface area contributed by atoms with Gasteiger partial charge in [-0.25, -0.2) is 18.7 Å². The lowest BCUT2D eigenvalue weighted by molar-refractivity contribution is -0.131. The zero-order valence-corrected chi connectivity index (χ0v) is 24.0. The molecule has 220 valence electrons. The van der Waals surface area contributed by atoms with Crippen LogP contribution in [-0.2, 0) is 16.3 Å². The molecule has 1 unspecified atom stereocenters. The molecule has 0 aliphatic carbocycles. The molecule has 10 heteroatoms. The number of alkyl halides is 2. The number of nitrogen functional groups attached to an aromatic ring is 1. The maximum atomic E-state index is 14.0. The van der Waals surface area contributed by atoms with E-state index in [1.807, 2.05) is 15.5 Å². The molecule has 2 aromatic carbocycles. The first-order chi connectivity index (χ1) is 20.0. The minimum Gasteiger partial charge on any atom is -0.496 e. The Hall–Kier alpha value is -4.31. The third-order valence-corrected chi connectivity index (χ3v) is 8.02. The Morgan fingerprint density at radius 3 is 2.67 bits per heavy atom. The summed E-state index contributed by atoms with van der Waals surface area (Å²) in [5, 5.41) is 11.5. The van der Waals surface area contributed by atoms with E-state index in [9.17, 15) is 18.7 Å². The van der Waals surface area contributed by atoms with Crippen molar-refractivity contribution in [3.05, 3.63) is 90.0 Å². The Kier molecular flexibility index (Phi) is 7.76. The zero-order chi connectivity index (χ0) is 30.2. The SMILES string of the molecule is C=CCC(=O)N1CCC[C@@H](c2nc(-c3ccc(C(C)(O)c4cccc(C(C)(F)F)c4)cc3OC)c3c(N)nccn23)C1. The van der Waals surface area contributed by atoms with Gasteiger partial charge in [0.2, 0.25) is 5.91 Å². The van der Waals surface area contributed by atoms with E-state index < -0.39 is 11.5 Å². The van der Waals surface area contributed by atoms with Gasteiger partial charge in [0.15, 0.2) is 0 Å². The second-order valence-electron chi connectivity index (χ2n) is 11.0. The largest absolute Gasteiger partial charge is 0.496 e. The molecular formula is C32H35F2N5O3. The predicted molar refractivity (Wildman–Crippen MR) is 157 cm³/mol. The molecule has 1 saturated heterocycles. The van der Waals surface area contributed by atoms with Gasteiger partial charge in [-0.2, -0.15) is 0 Å². The van der Waals surface area contributed by atoms with Gasteiger partial charge in [0.25, 0.3) is 5.92 Å². The maximum Gasteiger partial charge on any atom is 0.270 e. The minimum atomic E-state index is -3.05. The molecule has 5 rings (SSSR count). The fourth-order valence-corrected chi connectivity index (χ4v) is 5.68.